The number of anilines is 1. The van der Waals surface area contributed by atoms with Gasteiger partial charge in [-0.15, -0.1) is 0 Å². The van der Waals surface area contributed by atoms with Crippen LogP contribution in [0.3, 0.4) is 0 Å². The fourth-order valence-corrected chi connectivity index (χ4v) is 6.76. The molecule has 6 nitrogen and oxygen atoms in total. The summed E-state index contributed by atoms with van der Waals surface area (Å²) in [5, 5.41) is 2.92. The lowest BCUT2D eigenvalue weighted by Gasteiger charge is -2.38. The number of piperidine rings is 1. The van der Waals surface area contributed by atoms with Crippen LogP contribution in [0, 0.1) is 11.8 Å². The van der Waals surface area contributed by atoms with Crippen molar-refractivity contribution in [2.75, 3.05) is 38.0 Å². The molecule has 4 rings (SSSR count). The fraction of sp³-hybridized carbons (Fsp3) is 0.667. The minimum absolute atomic E-state index is 0.0278. The normalized spacial score (nSPS) is 28.6. The van der Waals surface area contributed by atoms with Crippen molar-refractivity contribution in [2.45, 2.75) is 49.8 Å². The highest BCUT2D eigenvalue weighted by Crippen LogP contribution is 2.32. The predicted molar refractivity (Wildman–Crippen MR) is 109 cm³/mol. The van der Waals surface area contributed by atoms with Gasteiger partial charge in [0.05, 0.1) is 18.0 Å². The fourth-order valence-electron chi connectivity index (χ4n) is 5.20. The number of hydrogen-bond acceptors (Lipinski definition) is 3. The van der Waals surface area contributed by atoms with Gasteiger partial charge < -0.3 is 10.2 Å². The van der Waals surface area contributed by atoms with E-state index in [0.717, 1.165) is 37.8 Å². The summed E-state index contributed by atoms with van der Waals surface area (Å²) in [6, 6.07) is 6.68. The van der Waals surface area contributed by atoms with E-state index in [1.165, 1.54) is 41.3 Å². The maximum Gasteiger partial charge on any atom is 0.279 e. The Bertz CT molecular complexity index is 805. The number of carbonyl (C=O) groups is 1. The van der Waals surface area contributed by atoms with E-state index in [1.54, 1.807) is 24.3 Å². The van der Waals surface area contributed by atoms with E-state index in [-0.39, 0.29) is 10.8 Å². The molecular weight excluding hydrogens is 374 g/mol. The Kier molecular flexibility index (Phi) is 6.04. The van der Waals surface area contributed by atoms with Crippen LogP contribution in [0.2, 0.25) is 0 Å². The average Bonchev–Trinajstić information content (AvgIpc) is 3.24. The highest BCUT2D eigenvalue weighted by molar-refractivity contribution is 7.89. The lowest BCUT2D eigenvalue weighted by Crippen LogP contribution is -3.15. The molecule has 0 aromatic heterocycles. The Morgan fingerprint density at radius 3 is 2.61 bits per heavy atom. The Labute approximate surface area is 168 Å². The third-order valence-corrected chi connectivity index (χ3v) is 8.61. The van der Waals surface area contributed by atoms with Crippen LogP contribution in [0.15, 0.2) is 29.2 Å². The zero-order valence-electron chi connectivity index (χ0n) is 16.5. The first kappa shape index (κ1) is 19.9. The highest BCUT2D eigenvalue weighted by atomic mass is 32.2. The Morgan fingerprint density at radius 1 is 1.07 bits per heavy atom. The summed E-state index contributed by atoms with van der Waals surface area (Å²) in [7, 11) is -3.46. The van der Waals surface area contributed by atoms with Gasteiger partial charge in [-0.2, -0.15) is 4.31 Å². The van der Waals surface area contributed by atoms with Gasteiger partial charge in [0.1, 0.15) is 0 Å². The molecule has 2 heterocycles. The zero-order valence-corrected chi connectivity index (χ0v) is 17.3. The molecule has 1 saturated carbocycles. The van der Waals surface area contributed by atoms with Gasteiger partial charge in [-0.05, 0) is 56.2 Å². The van der Waals surface area contributed by atoms with Gasteiger partial charge in [0.25, 0.3) is 5.91 Å². The minimum atomic E-state index is -3.46. The Morgan fingerprint density at radius 2 is 1.82 bits per heavy atom. The molecule has 7 heteroatoms. The van der Waals surface area contributed by atoms with Crippen molar-refractivity contribution in [3.8, 4) is 0 Å². The number of sulfonamides is 1. The third kappa shape index (κ3) is 4.42. The SMILES string of the molecule is O=C(C[NH+]1CC[C@@H]2CCCC[C@@H]2C1)Nc1cccc(S(=O)(=O)N2CCCC2)c1. The van der Waals surface area contributed by atoms with E-state index in [0.29, 0.717) is 25.3 Å². The second-order valence-corrected chi connectivity index (χ2v) is 10.6. The van der Waals surface area contributed by atoms with E-state index in [1.807, 2.05) is 0 Å². The summed E-state index contributed by atoms with van der Waals surface area (Å²) in [5.74, 6) is 1.62. The van der Waals surface area contributed by atoms with Gasteiger partial charge in [-0.3, -0.25) is 4.79 Å². The number of amides is 1. The minimum Gasteiger partial charge on any atom is -0.327 e. The number of rotatable bonds is 5. The van der Waals surface area contributed by atoms with Gasteiger partial charge >= 0.3 is 0 Å². The molecule has 1 amide bonds. The average molecular weight is 407 g/mol. The second kappa shape index (κ2) is 8.51. The summed E-state index contributed by atoms with van der Waals surface area (Å²) in [5.41, 5.74) is 0.567. The van der Waals surface area contributed by atoms with E-state index in [4.69, 9.17) is 0 Å². The molecular formula is C21H32N3O3S+. The van der Waals surface area contributed by atoms with Gasteiger partial charge in [0, 0.05) is 24.7 Å². The largest absolute Gasteiger partial charge is 0.327 e. The van der Waals surface area contributed by atoms with Gasteiger partial charge in [-0.25, -0.2) is 8.42 Å². The van der Waals surface area contributed by atoms with Gasteiger partial charge in [0.15, 0.2) is 6.54 Å². The van der Waals surface area contributed by atoms with E-state index < -0.39 is 10.0 Å². The Hall–Kier alpha value is -1.44. The molecule has 0 spiro atoms. The number of nitrogens with one attached hydrogen (secondary N) is 2. The molecule has 0 radical (unpaired) electrons. The van der Waals surface area contributed by atoms with Crippen molar-refractivity contribution in [1.29, 1.82) is 0 Å². The summed E-state index contributed by atoms with van der Waals surface area (Å²) < 4.78 is 27.0. The maximum absolute atomic E-state index is 12.7. The summed E-state index contributed by atoms with van der Waals surface area (Å²) in [6.07, 6.45) is 8.43. The van der Waals surface area contributed by atoms with Crippen molar-refractivity contribution in [3.63, 3.8) is 0 Å². The van der Waals surface area contributed by atoms with E-state index >= 15 is 0 Å². The molecule has 2 saturated heterocycles. The van der Waals surface area contributed by atoms with Crippen LogP contribution in [-0.4, -0.2) is 51.4 Å². The van der Waals surface area contributed by atoms with Crippen LogP contribution in [0.5, 0.6) is 0 Å². The number of hydrogen-bond donors (Lipinski definition) is 2. The first-order valence-electron chi connectivity index (χ1n) is 10.8. The lowest BCUT2D eigenvalue weighted by molar-refractivity contribution is -0.902. The predicted octanol–water partition coefficient (Wildman–Crippen LogP) is 1.50. The topological polar surface area (TPSA) is 70.9 Å². The van der Waals surface area contributed by atoms with E-state index in [9.17, 15) is 13.2 Å². The first-order valence-corrected chi connectivity index (χ1v) is 12.2. The van der Waals surface area contributed by atoms with Crippen LogP contribution in [0.1, 0.15) is 44.9 Å². The molecule has 2 N–H and O–H groups in total. The molecule has 3 fully saturated rings. The zero-order chi connectivity index (χ0) is 19.6. The van der Waals surface area contributed by atoms with Crippen molar-refractivity contribution in [3.05, 3.63) is 24.3 Å². The smallest absolute Gasteiger partial charge is 0.279 e. The van der Waals surface area contributed by atoms with Crippen molar-refractivity contribution in [2.24, 2.45) is 11.8 Å². The molecule has 154 valence electrons. The van der Waals surface area contributed by atoms with Crippen LogP contribution >= 0.6 is 0 Å². The molecule has 1 aromatic rings. The molecule has 0 bridgehead atoms. The Balaban J connectivity index is 1.36. The van der Waals surface area contributed by atoms with Crippen LogP contribution in [0.4, 0.5) is 5.69 Å². The van der Waals surface area contributed by atoms with Crippen LogP contribution in [0.25, 0.3) is 0 Å². The molecule has 1 aromatic carbocycles. The van der Waals surface area contributed by atoms with Crippen molar-refractivity contribution in [1.82, 2.24) is 4.31 Å². The van der Waals surface area contributed by atoms with Crippen LogP contribution in [-0.2, 0) is 14.8 Å². The van der Waals surface area contributed by atoms with Crippen molar-refractivity contribution < 1.29 is 18.1 Å². The lowest BCUT2D eigenvalue weighted by atomic mass is 9.75. The maximum atomic E-state index is 12.7. The number of quaternary nitrogens is 1. The molecule has 1 aliphatic carbocycles. The standard InChI is InChI=1S/C21H31N3O3S/c25-21(16-23-13-10-17-6-1-2-7-18(17)15-23)22-19-8-5-9-20(14-19)28(26,27)24-11-3-4-12-24/h5,8-9,14,17-18H,1-4,6-7,10-13,15-16H2,(H,22,25)/p+1/t17-,18+/m0/s1. The summed E-state index contributed by atoms with van der Waals surface area (Å²) in [4.78, 5) is 14.2. The number of fused-ring (bicyclic) bond motifs is 1. The molecule has 3 atom stereocenters. The van der Waals surface area contributed by atoms with Crippen molar-refractivity contribution >= 4 is 21.6 Å². The third-order valence-electron chi connectivity index (χ3n) is 6.72. The molecule has 1 unspecified atom stereocenters. The highest BCUT2D eigenvalue weighted by Gasteiger charge is 2.34. The monoisotopic (exact) mass is 406 g/mol. The number of benzene rings is 1. The van der Waals surface area contributed by atoms with E-state index in [2.05, 4.69) is 5.32 Å². The first-order chi connectivity index (χ1) is 13.5. The van der Waals surface area contributed by atoms with Crippen LogP contribution < -0.4 is 10.2 Å². The summed E-state index contributed by atoms with van der Waals surface area (Å²) in [6.45, 7) is 3.80. The molecule has 2 aliphatic heterocycles. The number of likely N-dealkylation sites (tertiary alicyclic amines) is 1. The second-order valence-electron chi connectivity index (χ2n) is 8.66. The number of nitrogens with zero attached hydrogens (tertiary/aromatic N) is 1. The quantitative estimate of drug-likeness (QED) is 0.779. The summed E-state index contributed by atoms with van der Waals surface area (Å²) >= 11 is 0. The number of carbonyl (C=O) groups excluding carboxylic acids is 1. The van der Waals surface area contributed by atoms with Gasteiger partial charge in [0.2, 0.25) is 10.0 Å². The molecule has 3 aliphatic rings. The van der Waals surface area contributed by atoms with Gasteiger partial charge in [-0.1, -0.05) is 18.9 Å². The molecule has 28 heavy (non-hydrogen) atoms.